The van der Waals surface area contributed by atoms with Crippen molar-refractivity contribution >= 4 is 27.5 Å². The maximum Gasteiger partial charge on any atom is 0.244 e. The standard InChI is InChI=1S/C25H31F2N3O4S/c1-18(25(32)28-21-9-4-3-5-10-21)29(16-19-8-6-7-11-23(19)27)24(31)17-30(35(2,33)34)22-14-12-20(26)13-15-22/h6-8,11-15,18,21H,3-5,9-10,16-17H2,1-2H3,(H,28,32). The van der Waals surface area contributed by atoms with Gasteiger partial charge in [0.05, 0.1) is 11.9 Å². The largest absolute Gasteiger partial charge is 0.352 e. The highest BCUT2D eigenvalue weighted by Gasteiger charge is 2.31. The van der Waals surface area contributed by atoms with Crippen LogP contribution >= 0.6 is 0 Å². The van der Waals surface area contributed by atoms with Crippen molar-refractivity contribution in [3.63, 3.8) is 0 Å². The van der Waals surface area contributed by atoms with E-state index in [0.29, 0.717) is 0 Å². The quantitative estimate of drug-likeness (QED) is 0.562. The molecule has 0 aliphatic heterocycles. The highest BCUT2D eigenvalue weighted by Crippen LogP contribution is 2.21. The summed E-state index contributed by atoms with van der Waals surface area (Å²) in [5.74, 6) is -2.16. The zero-order chi connectivity index (χ0) is 25.6. The Hall–Kier alpha value is -3.01. The fourth-order valence-corrected chi connectivity index (χ4v) is 5.03. The summed E-state index contributed by atoms with van der Waals surface area (Å²) < 4.78 is 53.6. The average Bonchev–Trinajstić information content (AvgIpc) is 2.82. The Bertz CT molecular complexity index is 1140. The van der Waals surface area contributed by atoms with Crippen molar-refractivity contribution in [1.82, 2.24) is 10.2 Å². The van der Waals surface area contributed by atoms with Crippen molar-refractivity contribution in [3.8, 4) is 0 Å². The molecular formula is C25H31F2N3O4S. The second-order valence-corrected chi connectivity index (χ2v) is 10.8. The first-order valence-electron chi connectivity index (χ1n) is 11.6. The lowest BCUT2D eigenvalue weighted by Crippen LogP contribution is -2.53. The molecule has 190 valence electrons. The molecule has 0 aromatic heterocycles. The van der Waals surface area contributed by atoms with Gasteiger partial charge in [0.2, 0.25) is 21.8 Å². The SMILES string of the molecule is CC(C(=O)NC1CCCCC1)N(Cc1ccccc1F)C(=O)CN(c1ccc(F)cc1)S(C)(=O)=O. The summed E-state index contributed by atoms with van der Waals surface area (Å²) in [6, 6.07) is 9.63. The summed E-state index contributed by atoms with van der Waals surface area (Å²) in [4.78, 5) is 27.7. The normalized spacial score (nSPS) is 15.3. The average molecular weight is 508 g/mol. The highest BCUT2D eigenvalue weighted by atomic mass is 32.2. The number of hydrogen-bond donors (Lipinski definition) is 1. The summed E-state index contributed by atoms with van der Waals surface area (Å²) in [5, 5.41) is 2.98. The molecule has 0 heterocycles. The van der Waals surface area contributed by atoms with E-state index in [1.807, 2.05) is 0 Å². The van der Waals surface area contributed by atoms with Gasteiger partial charge in [-0.05, 0) is 50.1 Å². The van der Waals surface area contributed by atoms with Gasteiger partial charge in [-0.25, -0.2) is 17.2 Å². The molecule has 1 aliphatic carbocycles. The first kappa shape index (κ1) is 26.6. The van der Waals surface area contributed by atoms with E-state index in [1.54, 1.807) is 13.0 Å². The predicted octanol–water partition coefficient (Wildman–Crippen LogP) is 3.60. The third kappa shape index (κ3) is 7.24. The predicted molar refractivity (Wildman–Crippen MR) is 130 cm³/mol. The molecule has 0 radical (unpaired) electrons. The van der Waals surface area contributed by atoms with Crippen LogP contribution in [-0.4, -0.2) is 50.0 Å². The van der Waals surface area contributed by atoms with Crippen LogP contribution in [0.5, 0.6) is 0 Å². The van der Waals surface area contributed by atoms with Gasteiger partial charge < -0.3 is 10.2 Å². The van der Waals surface area contributed by atoms with Gasteiger partial charge in [-0.1, -0.05) is 37.5 Å². The lowest BCUT2D eigenvalue weighted by Gasteiger charge is -2.33. The second kappa shape index (κ2) is 11.6. The van der Waals surface area contributed by atoms with Crippen LogP contribution in [0.3, 0.4) is 0 Å². The van der Waals surface area contributed by atoms with E-state index in [0.717, 1.165) is 54.8 Å². The molecule has 1 unspecified atom stereocenters. The van der Waals surface area contributed by atoms with Crippen LogP contribution in [0.15, 0.2) is 48.5 Å². The van der Waals surface area contributed by atoms with E-state index in [1.165, 1.54) is 35.2 Å². The smallest absolute Gasteiger partial charge is 0.244 e. The van der Waals surface area contributed by atoms with Crippen molar-refractivity contribution < 1.29 is 26.8 Å². The zero-order valence-electron chi connectivity index (χ0n) is 19.9. The molecule has 2 aromatic rings. The summed E-state index contributed by atoms with van der Waals surface area (Å²) in [6.07, 6.45) is 5.78. The molecule has 2 aromatic carbocycles. The Morgan fingerprint density at radius 1 is 1.03 bits per heavy atom. The molecule has 1 saturated carbocycles. The summed E-state index contributed by atoms with van der Waals surface area (Å²) in [6.45, 7) is 0.700. The minimum absolute atomic E-state index is 0.0100. The summed E-state index contributed by atoms with van der Waals surface area (Å²) in [7, 11) is -3.92. The molecule has 10 heteroatoms. The number of anilines is 1. The van der Waals surface area contributed by atoms with E-state index in [4.69, 9.17) is 0 Å². The van der Waals surface area contributed by atoms with Gasteiger partial charge in [-0.15, -0.1) is 0 Å². The van der Waals surface area contributed by atoms with Crippen LogP contribution in [0.4, 0.5) is 14.5 Å². The lowest BCUT2D eigenvalue weighted by molar-refractivity contribution is -0.139. The topological polar surface area (TPSA) is 86.8 Å². The van der Waals surface area contributed by atoms with Crippen LogP contribution < -0.4 is 9.62 Å². The Morgan fingerprint density at radius 3 is 2.26 bits per heavy atom. The van der Waals surface area contributed by atoms with Gasteiger partial charge in [-0.2, -0.15) is 0 Å². The van der Waals surface area contributed by atoms with Gasteiger partial charge >= 0.3 is 0 Å². The molecule has 1 N–H and O–H groups in total. The van der Waals surface area contributed by atoms with Gasteiger partial charge in [0, 0.05) is 18.2 Å². The number of amides is 2. The first-order valence-corrected chi connectivity index (χ1v) is 13.5. The third-order valence-corrected chi connectivity index (χ3v) is 7.35. The van der Waals surface area contributed by atoms with Crippen LogP contribution in [0.1, 0.15) is 44.6 Å². The Kier molecular flexibility index (Phi) is 8.82. The highest BCUT2D eigenvalue weighted by molar-refractivity contribution is 7.92. The van der Waals surface area contributed by atoms with Gasteiger partial charge in [0.15, 0.2) is 0 Å². The number of carbonyl (C=O) groups is 2. The minimum Gasteiger partial charge on any atom is -0.352 e. The monoisotopic (exact) mass is 507 g/mol. The maximum absolute atomic E-state index is 14.4. The number of rotatable bonds is 9. The van der Waals surface area contributed by atoms with E-state index in [2.05, 4.69) is 5.32 Å². The molecule has 0 saturated heterocycles. The van der Waals surface area contributed by atoms with Gasteiger partial charge in [0.1, 0.15) is 24.2 Å². The molecule has 2 amide bonds. The summed E-state index contributed by atoms with van der Waals surface area (Å²) in [5.41, 5.74) is 0.304. The molecule has 0 spiro atoms. The molecule has 35 heavy (non-hydrogen) atoms. The van der Waals surface area contributed by atoms with Crippen molar-refractivity contribution in [2.75, 3.05) is 17.1 Å². The molecular weight excluding hydrogens is 476 g/mol. The molecule has 1 atom stereocenters. The lowest BCUT2D eigenvalue weighted by atomic mass is 9.95. The van der Waals surface area contributed by atoms with Gasteiger partial charge in [0.25, 0.3) is 0 Å². The number of benzene rings is 2. The Balaban J connectivity index is 1.87. The molecule has 1 aliphatic rings. The second-order valence-electron chi connectivity index (χ2n) is 8.88. The number of nitrogens with zero attached hydrogens (tertiary/aromatic N) is 2. The Morgan fingerprint density at radius 2 is 1.66 bits per heavy atom. The maximum atomic E-state index is 14.4. The van der Waals surface area contributed by atoms with Crippen LogP contribution in [0, 0.1) is 11.6 Å². The first-order chi connectivity index (χ1) is 16.6. The number of carbonyl (C=O) groups excluding carboxylic acids is 2. The number of nitrogens with one attached hydrogen (secondary N) is 1. The number of hydrogen-bond acceptors (Lipinski definition) is 4. The van der Waals surface area contributed by atoms with Crippen LogP contribution in [0.25, 0.3) is 0 Å². The van der Waals surface area contributed by atoms with Crippen molar-refractivity contribution in [1.29, 1.82) is 0 Å². The van der Waals surface area contributed by atoms with Crippen LogP contribution in [0.2, 0.25) is 0 Å². The molecule has 0 bridgehead atoms. The van der Waals surface area contributed by atoms with Crippen LogP contribution in [-0.2, 0) is 26.2 Å². The third-order valence-electron chi connectivity index (χ3n) is 6.21. The van der Waals surface area contributed by atoms with E-state index in [-0.39, 0.29) is 29.7 Å². The van der Waals surface area contributed by atoms with Gasteiger partial charge in [-0.3, -0.25) is 13.9 Å². The van der Waals surface area contributed by atoms with E-state index in [9.17, 15) is 26.8 Å². The zero-order valence-corrected chi connectivity index (χ0v) is 20.7. The Labute approximate surface area is 205 Å². The van der Waals surface area contributed by atoms with E-state index >= 15 is 0 Å². The molecule has 7 nitrogen and oxygen atoms in total. The van der Waals surface area contributed by atoms with Crippen molar-refractivity contribution in [2.45, 2.75) is 57.7 Å². The van der Waals surface area contributed by atoms with Crippen molar-refractivity contribution in [3.05, 3.63) is 65.7 Å². The molecule has 1 fully saturated rings. The van der Waals surface area contributed by atoms with Crippen molar-refractivity contribution in [2.24, 2.45) is 0 Å². The fraction of sp³-hybridized carbons (Fsp3) is 0.440. The number of halogens is 2. The minimum atomic E-state index is -3.92. The fourth-order valence-electron chi connectivity index (χ4n) is 4.18. The summed E-state index contributed by atoms with van der Waals surface area (Å²) >= 11 is 0. The number of sulfonamides is 1. The van der Waals surface area contributed by atoms with E-state index < -0.39 is 40.2 Å². The molecule has 3 rings (SSSR count).